The van der Waals surface area contributed by atoms with Crippen LogP contribution in [0.15, 0.2) is 47.5 Å². The van der Waals surface area contributed by atoms with Crippen LogP contribution in [-0.2, 0) is 4.74 Å². The van der Waals surface area contributed by atoms with Gasteiger partial charge in [0.05, 0.1) is 31.5 Å². The third-order valence-corrected chi connectivity index (χ3v) is 6.54. The van der Waals surface area contributed by atoms with E-state index >= 15 is 0 Å². The number of benzene rings is 2. The number of guanidine groups is 1. The minimum Gasteiger partial charge on any atom is -0.506 e. The van der Waals surface area contributed by atoms with E-state index in [9.17, 15) is 9.90 Å². The number of esters is 1. The molecular weight excluding hydrogens is 432 g/mol. The van der Waals surface area contributed by atoms with E-state index in [0.717, 1.165) is 56.4 Å². The van der Waals surface area contributed by atoms with E-state index in [1.54, 1.807) is 19.2 Å². The first kappa shape index (κ1) is 23.7. The molecule has 1 saturated heterocycles. The molecule has 1 aliphatic heterocycles. The number of nitrogens with zero attached hydrogens (tertiary/aromatic N) is 3. The zero-order valence-electron chi connectivity index (χ0n) is 20.0. The number of nitrogens with one attached hydrogen (secondary N) is 1. The number of ether oxygens (including phenoxy) is 2. The Labute approximate surface area is 201 Å². The van der Waals surface area contributed by atoms with E-state index < -0.39 is 5.97 Å². The predicted molar refractivity (Wildman–Crippen MR) is 134 cm³/mol. The largest absolute Gasteiger partial charge is 0.506 e. The van der Waals surface area contributed by atoms with Crippen LogP contribution in [0.5, 0.6) is 11.5 Å². The fourth-order valence-electron chi connectivity index (χ4n) is 4.56. The van der Waals surface area contributed by atoms with Crippen LogP contribution >= 0.6 is 0 Å². The van der Waals surface area contributed by atoms with Crippen molar-refractivity contribution >= 4 is 23.3 Å². The second-order valence-corrected chi connectivity index (χ2v) is 8.77. The molecule has 2 aromatic carbocycles. The van der Waals surface area contributed by atoms with Gasteiger partial charge in [0.1, 0.15) is 11.5 Å². The molecule has 0 aromatic heterocycles. The summed E-state index contributed by atoms with van der Waals surface area (Å²) in [6, 6.07) is 13.1. The van der Waals surface area contributed by atoms with Gasteiger partial charge in [0, 0.05) is 37.9 Å². The molecule has 2 fully saturated rings. The summed E-state index contributed by atoms with van der Waals surface area (Å²) in [7, 11) is 3.03. The van der Waals surface area contributed by atoms with Crippen molar-refractivity contribution in [2.45, 2.75) is 38.1 Å². The fourth-order valence-corrected chi connectivity index (χ4v) is 4.56. The van der Waals surface area contributed by atoms with Gasteiger partial charge in [-0.05, 0) is 43.2 Å². The number of hydrogen-bond acceptors (Lipinski definition) is 6. The predicted octanol–water partition coefficient (Wildman–Crippen LogP) is 4.11. The van der Waals surface area contributed by atoms with Crippen LogP contribution in [0.25, 0.3) is 0 Å². The Balaban J connectivity index is 1.53. The lowest BCUT2D eigenvalue weighted by atomic mass is 9.96. The lowest BCUT2D eigenvalue weighted by Crippen LogP contribution is -2.51. The topological polar surface area (TPSA) is 86.6 Å². The molecule has 182 valence electrons. The summed E-state index contributed by atoms with van der Waals surface area (Å²) in [6.45, 7) is 3.25. The Kier molecular flexibility index (Phi) is 7.77. The van der Waals surface area contributed by atoms with Crippen LogP contribution < -0.4 is 15.0 Å². The Hall–Kier alpha value is -3.42. The standard InChI is InChI=1S/C26H34N4O4/c1-33-22-10-6-9-21(18-22)29-13-15-30(16-14-29)26(27-20-7-4-3-5-8-20)28-23-17-19(25(32)34-2)11-12-24(23)31/h6,9-12,17-18,20,31H,3-5,7-8,13-16H2,1-2H3,(H,27,28). The van der Waals surface area contributed by atoms with Crippen molar-refractivity contribution in [2.24, 2.45) is 4.99 Å². The van der Waals surface area contributed by atoms with Gasteiger partial charge in [0.25, 0.3) is 0 Å². The number of phenols is 1. The fraction of sp³-hybridized carbons (Fsp3) is 0.462. The summed E-state index contributed by atoms with van der Waals surface area (Å²) in [4.78, 5) is 21.7. The molecule has 0 amide bonds. The number of phenolic OH excluding ortho intramolecular Hbond substituents is 1. The lowest BCUT2D eigenvalue weighted by molar-refractivity contribution is 0.0601. The number of methoxy groups -OCH3 is 2. The minimum atomic E-state index is -0.444. The Morgan fingerprint density at radius 2 is 1.79 bits per heavy atom. The number of anilines is 2. The molecule has 1 saturated carbocycles. The molecule has 0 spiro atoms. The SMILES string of the molecule is COC(=O)c1ccc(O)c(NC(=NC2CCCCC2)N2CCN(c3cccc(OC)c3)CC2)c1. The quantitative estimate of drug-likeness (QED) is 0.297. The molecular formula is C26H34N4O4. The second kappa shape index (κ2) is 11.1. The van der Waals surface area contributed by atoms with Crippen molar-refractivity contribution < 1.29 is 19.4 Å². The van der Waals surface area contributed by atoms with Crippen LogP contribution in [-0.4, -0.2) is 68.4 Å². The number of rotatable bonds is 5. The van der Waals surface area contributed by atoms with Gasteiger partial charge in [-0.15, -0.1) is 0 Å². The summed E-state index contributed by atoms with van der Waals surface area (Å²) in [6.07, 6.45) is 5.78. The summed E-state index contributed by atoms with van der Waals surface area (Å²) < 4.78 is 10.2. The van der Waals surface area contributed by atoms with Gasteiger partial charge in [0.2, 0.25) is 0 Å². The van der Waals surface area contributed by atoms with Crippen LogP contribution in [0.2, 0.25) is 0 Å². The van der Waals surface area contributed by atoms with Gasteiger partial charge >= 0.3 is 5.97 Å². The molecule has 0 unspecified atom stereocenters. The summed E-state index contributed by atoms with van der Waals surface area (Å²) in [5.74, 6) is 1.22. The first-order valence-electron chi connectivity index (χ1n) is 12.0. The van der Waals surface area contributed by atoms with Crippen molar-refractivity contribution in [3.63, 3.8) is 0 Å². The second-order valence-electron chi connectivity index (χ2n) is 8.77. The molecule has 8 heteroatoms. The van der Waals surface area contributed by atoms with Crippen molar-refractivity contribution in [2.75, 3.05) is 50.6 Å². The maximum absolute atomic E-state index is 12.0. The zero-order valence-corrected chi connectivity index (χ0v) is 20.0. The first-order chi connectivity index (χ1) is 16.6. The van der Waals surface area contributed by atoms with E-state index in [1.165, 1.54) is 32.4 Å². The highest BCUT2D eigenvalue weighted by atomic mass is 16.5. The first-order valence-corrected chi connectivity index (χ1v) is 12.0. The third kappa shape index (κ3) is 5.73. The smallest absolute Gasteiger partial charge is 0.337 e. The molecule has 0 radical (unpaired) electrons. The van der Waals surface area contributed by atoms with Crippen molar-refractivity contribution in [3.05, 3.63) is 48.0 Å². The lowest BCUT2D eigenvalue weighted by Gasteiger charge is -2.38. The average molecular weight is 467 g/mol. The van der Waals surface area contributed by atoms with E-state index in [4.69, 9.17) is 14.5 Å². The average Bonchev–Trinajstić information content (AvgIpc) is 2.89. The molecule has 1 aliphatic carbocycles. The molecule has 34 heavy (non-hydrogen) atoms. The summed E-state index contributed by atoms with van der Waals surface area (Å²) in [5.41, 5.74) is 1.97. The molecule has 2 aromatic rings. The van der Waals surface area contributed by atoms with Crippen molar-refractivity contribution in [3.8, 4) is 11.5 Å². The molecule has 4 rings (SSSR count). The van der Waals surface area contributed by atoms with Gasteiger partial charge in [-0.1, -0.05) is 25.3 Å². The number of piperazine rings is 1. The maximum atomic E-state index is 12.0. The van der Waals surface area contributed by atoms with E-state index in [-0.39, 0.29) is 11.8 Å². The van der Waals surface area contributed by atoms with Crippen molar-refractivity contribution in [1.29, 1.82) is 0 Å². The normalized spacial score (nSPS) is 17.4. The van der Waals surface area contributed by atoms with Gasteiger partial charge in [-0.3, -0.25) is 0 Å². The molecule has 0 atom stereocenters. The number of aromatic hydroxyl groups is 1. The number of carbonyl (C=O) groups excluding carboxylic acids is 1. The van der Waals surface area contributed by atoms with Gasteiger partial charge < -0.3 is 29.7 Å². The van der Waals surface area contributed by atoms with E-state index in [0.29, 0.717) is 11.3 Å². The van der Waals surface area contributed by atoms with E-state index in [1.807, 2.05) is 12.1 Å². The maximum Gasteiger partial charge on any atom is 0.337 e. The van der Waals surface area contributed by atoms with Gasteiger partial charge in [-0.25, -0.2) is 9.79 Å². The highest BCUT2D eigenvalue weighted by Crippen LogP contribution is 2.27. The Bertz CT molecular complexity index is 1010. The zero-order chi connectivity index (χ0) is 23.9. The highest BCUT2D eigenvalue weighted by Gasteiger charge is 2.23. The minimum absolute atomic E-state index is 0.0685. The van der Waals surface area contributed by atoms with Crippen LogP contribution in [0.3, 0.4) is 0 Å². The van der Waals surface area contributed by atoms with Crippen LogP contribution in [0.4, 0.5) is 11.4 Å². The highest BCUT2D eigenvalue weighted by molar-refractivity contribution is 5.97. The number of carbonyl (C=O) groups is 1. The number of aliphatic imine (C=N–C) groups is 1. The van der Waals surface area contributed by atoms with Crippen LogP contribution in [0.1, 0.15) is 42.5 Å². The molecule has 0 bridgehead atoms. The number of hydrogen-bond donors (Lipinski definition) is 2. The monoisotopic (exact) mass is 466 g/mol. The Morgan fingerprint density at radius 1 is 1.03 bits per heavy atom. The van der Waals surface area contributed by atoms with E-state index in [2.05, 4.69) is 27.2 Å². The molecule has 2 N–H and O–H groups in total. The van der Waals surface area contributed by atoms with Crippen molar-refractivity contribution in [1.82, 2.24) is 4.90 Å². The summed E-state index contributed by atoms with van der Waals surface area (Å²) in [5, 5.41) is 13.8. The van der Waals surface area contributed by atoms with Crippen LogP contribution in [0, 0.1) is 0 Å². The van der Waals surface area contributed by atoms with Gasteiger partial charge in [-0.2, -0.15) is 0 Å². The molecule has 8 nitrogen and oxygen atoms in total. The summed E-state index contributed by atoms with van der Waals surface area (Å²) >= 11 is 0. The van der Waals surface area contributed by atoms with Gasteiger partial charge in [0.15, 0.2) is 5.96 Å². The molecule has 2 aliphatic rings. The molecule has 1 heterocycles. The third-order valence-electron chi connectivity index (χ3n) is 6.54. The Morgan fingerprint density at radius 3 is 2.50 bits per heavy atom.